The van der Waals surface area contributed by atoms with Crippen LogP contribution in [0.3, 0.4) is 0 Å². The van der Waals surface area contributed by atoms with Crippen LogP contribution in [0.25, 0.3) is 16.8 Å². The number of quaternary nitrogens is 1. The van der Waals surface area contributed by atoms with Gasteiger partial charge in [-0.3, -0.25) is 0 Å². The zero-order chi connectivity index (χ0) is 21.0. The Bertz CT molecular complexity index is 1160. The fourth-order valence-electron chi connectivity index (χ4n) is 4.36. The summed E-state index contributed by atoms with van der Waals surface area (Å²) in [7, 11) is 2.13. The van der Waals surface area contributed by atoms with Crippen LogP contribution in [0.1, 0.15) is 30.2 Å². The van der Waals surface area contributed by atoms with E-state index in [1.165, 1.54) is 27.6 Å². The molecule has 0 saturated carbocycles. The average Bonchev–Trinajstić information content (AvgIpc) is 3.18. The van der Waals surface area contributed by atoms with E-state index in [4.69, 9.17) is 4.42 Å². The maximum Gasteiger partial charge on any atom is 0.169 e. The van der Waals surface area contributed by atoms with Gasteiger partial charge >= 0.3 is 0 Å². The van der Waals surface area contributed by atoms with Gasteiger partial charge in [-0.2, -0.15) is 0 Å². The number of hydrogen-bond acceptors (Lipinski definition) is 1. The molecule has 0 aliphatic rings. The molecule has 0 spiro atoms. The minimum Gasteiger partial charge on any atom is -0.450 e. The summed E-state index contributed by atoms with van der Waals surface area (Å²) < 4.78 is 6.42. The molecule has 0 amide bonds. The third-order valence-corrected chi connectivity index (χ3v) is 6.18. The van der Waals surface area contributed by atoms with E-state index in [2.05, 4.69) is 114 Å². The summed E-state index contributed by atoms with van der Waals surface area (Å²) in [6.45, 7) is 2.39. The second kappa shape index (κ2) is 9.03. The summed E-state index contributed by atoms with van der Waals surface area (Å²) in [6.07, 6.45) is 6.20. The average molecular weight is 461 g/mol. The van der Waals surface area contributed by atoms with E-state index in [-0.39, 0.29) is 5.41 Å². The summed E-state index contributed by atoms with van der Waals surface area (Å²) in [6, 6.07) is 27.9. The zero-order valence-electron chi connectivity index (χ0n) is 17.4. The number of hydrogen-bond donors (Lipinski definition) is 1. The van der Waals surface area contributed by atoms with Crippen molar-refractivity contribution in [1.29, 1.82) is 0 Å². The standard InChI is InChI=1S/C27H26BrNO/c1-27(19-20-9-4-3-5-10-20,18-8-12-22-15-17-25(28)30-22)26-23-13-7-6-11-21(23)14-16-24(26)29-2/h3-17,29H,18-19H2,1-2H3/p+1/b12-8+. The predicted molar refractivity (Wildman–Crippen MR) is 129 cm³/mol. The third kappa shape index (κ3) is 4.43. The van der Waals surface area contributed by atoms with Crippen LogP contribution in [0.2, 0.25) is 0 Å². The number of fused-ring (bicyclic) bond motifs is 1. The van der Waals surface area contributed by atoms with Gasteiger partial charge in [-0.05, 0) is 75.4 Å². The molecule has 0 saturated heterocycles. The predicted octanol–water partition coefficient (Wildman–Crippen LogP) is 6.62. The smallest absolute Gasteiger partial charge is 0.169 e. The highest BCUT2D eigenvalue weighted by Gasteiger charge is 2.32. The fourth-order valence-corrected chi connectivity index (χ4v) is 4.68. The Balaban J connectivity index is 1.81. The molecule has 3 aromatic carbocycles. The van der Waals surface area contributed by atoms with Crippen molar-refractivity contribution in [3.63, 3.8) is 0 Å². The van der Waals surface area contributed by atoms with Crippen molar-refractivity contribution in [2.75, 3.05) is 7.05 Å². The summed E-state index contributed by atoms with van der Waals surface area (Å²) >= 11 is 3.39. The Kier molecular flexibility index (Phi) is 6.21. The SMILES string of the molecule is C[NH2+]c1ccc2ccccc2c1C(C)(C/C=C/c1ccc(Br)o1)Cc1ccccc1. The lowest BCUT2D eigenvalue weighted by molar-refractivity contribution is -0.540. The van der Waals surface area contributed by atoms with Crippen LogP contribution in [0.4, 0.5) is 5.69 Å². The van der Waals surface area contributed by atoms with E-state index < -0.39 is 0 Å². The molecule has 30 heavy (non-hydrogen) atoms. The van der Waals surface area contributed by atoms with Crippen molar-refractivity contribution >= 4 is 38.5 Å². The van der Waals surface area contributed by atoms with Gasteiger partial charge in [0.15, 0.2) is 4.67 Å². The van der Waals surface area contributed by atoms with Crippen molar-refractivity contribution in [3.05, 3.63) is 106 Å². The molecule has 0 aliphatic heterocycles. The minimum absolute atomic E-state index is 0.0651. The van der Waals surface area contributed by atoms with Gasteiger partial charge in [0.05, 0.1) is 7.05 Å². The topological polar surface area (TPSA) is 29.8 Å². The first-order valence-electron chi connectivity index (χ1n) is 10.4. The van der Waals surface area contributed by atoms with E-state index in [9.17, 15) is 0 Å². The molecular weight excluding hydrogens is 434 g/mol. The highest BCUT2D eigenvalue weighted by molar-refractivity contribution is 9.10. The number of nitrogens with two attached hydrogens (primary N) is 1. The van der Waals surface area contributed by atoms with Crippen molar-refractivity contribution in [2.45, 2.75) is 25.2 Å². The molecule has 4 rings (SSSR count). The van der Waals surface area contributed by atoms with Crippen LogP contribution in [0.15, 0.2) is 94.0 Å². The summed E-state index contributed by atoms with van der Waals surface area (Å²) in [5.41, 5.74) is 4.01. The largest absolute Gasteiger partial charge is 0.450 e. The van der Waals surface area contributed by atoms with Crippen molar-refractivity contribution in [1.82, 2.24) is 0 Å². The van der Waals surface area contributed by atoms with Crippen molar-refractivity contribution in [2.24, 2.45) is 0 Å². The van der Waals surface area contributed by atoms with Crippen LogP contribution >= 0.6 is 15.9 Å². The maximum atomic E-state index is 5.66. The summed E-state index contributed by atoms with van der Waals surface area (Å²) in [5.74, 6) is 0.865. The van der Waals surface area contributed by atoms with E-state index in [1.807, 2.05) is 12.1 Å². The zero-order valence-corrected chi connectivity index (χ0v) is 19.0. The number of halogens is 1. The molecule has 2 nitrogen and oxygen atoms in total. The molecule has 1 heterocycles. The van der Waals surface area contributed by atoms with Crippen LogP contribution in [-0.2, 0) is 11.8 Å². The number of benzene rings is 3. The fraction of sp³-hybridized carbons (Fsp3) is 0.185. The lowest BCUT2D eigenvalue weighted by Gasteiger charge is -2.31. The van der Waals surface area contributed by atoms with Crippen LogP contribution in [0, 0.1) is 0 Å². The molecule has 1 aromatic heterocycles. The van der Waals surface area contributed by atoms with Gasteiger partial charge in [-0.15, -0.1) is 0 Å². The number of furan rings is 1. The van der Waals surface area contributed by atoms with Gasteiger partial charge in [0.2, 0.25) is 0 Å². The minimum atomic E-state index is -0.0651. The number of allylic oxidation sites excluding steroid dienone is 1. The first-order valence-corrected chi connectivity index (χ1v) is 11.2. The first-order chi connectivity index (χ1) is 14.6. The Labute approximate surface area is 186 Å². The van der Waals surface area contributed by atoms with Gasteiger partial charge in [-0.1, -0.05) is 67.6 Å². The molecule has 0 aliphatic carbocycles. The lowest BCUT2D eigenvalue weighted by atomic mass is 9.72. The molecule has 4 aromatic rings. The highest BCUT2D eigenvalue weighted by Crippen LogP contribution is 2.40. The molecule has 0 radical (unpaired) electrons. The summed E-state index contributed by atoms with van der Waals surface area (Å²) in [5, 5.41) is 4.86. The molecule has 3 heteroatoms. The Morgan fingerprint density at radius 3 is 2.43 bits per heavy atom. The molecule has 152 valence electrons. The third-order valence-electron chi connectivity index (χ3n) is 5.76. The normalized spacial score (nSPS) is 13.7. The number of rotatable bonds is 7. The molecule has 1 unspecified atom stereocenters. The quantitative estimate of drug-likeness (QED) is 0.308. The second-order valence-corrected chi connectivity index (χ2v) is 8.79. The van der Waals surface area contributed by atoms with Gasteiger partial charge in [0.25, 0.3) is 0 Å². The Hall–Kier alpha value is -2.62. The Morgan fingerprint density at radius 1 is 0.933 bits per heavy atom. The van der Waals surface area contributed by atoms with E-state index >= 15 is 0 Å². The van der Waals surface area contributed by atoms with E-state index in [1.54, 1.807) is 0 Å². The van der Waals surface area contributed by atoms with Crippen LogP contribution in [-0.4, -0.2) is 7.05 Å². The molecule has 0 fully saturated rings. The van der Waals surface area contributed by atoms with E-state index in [0.29, 0.717) is 0 Å². The van der Waals surface area contributed by atoms with Crippen LogP contribution in [0.5, 0.6) is 0 Å². The van der Waals surface area contributed by atoms with Gasteiger partial charge in [0.1, 0.15) is 11.4 Å². The van der Waals surface area contributed by atoms with E-state index in [0.717, 1.165) is 23.3 Å². The summed E-state index contributed by atoms with van der Waals surface area (Å²) in [4.78, 5) is 0. The second-order valence-electron chi connectivity index (χ2n) is 8.01. The molecule has 0 bridgehead atoms. The Morgan fingerprint density at radius 2 is 1.70 bits per heavy atom. The molecule has 1 atom stereocenters. The molecular formula is C27H27BrNO+. The monoisotopic (exact) mass is 460 g/mol. The highest BCUT2D eigenvalue weighted by atomic mass is 79.9. The lowest BCUT2D eigenvalue weighted by Crippen LogP contribution is -2.73. The first kappa shape index (κ1) is 20.6. The van der Waals surface area contributed by atoms with Gasteiger partial charge in [0, 0.05) is 11.0 Å². The van der Waals surface area contributed by atoms with Crippen molar-refractivity contribution < 1.29 is 9.73 Å². The van der Waals surface area contributed by atoms with Crippen molar-refractivity contribution in [3.8, 4) is 0 Å². The maximum absolute atomic E-state index is 5.66. The van der Waals surface area contributed by atoms with Gasteiger partial charge in [-0.25, -0.2) is 0 Å². The van der Waals surface area contributed by atoms with Crippen LogP contribution < -0.4 is 5.32 Å². The van der Waals surface area contributed by atoms with Gasteiger partial charge < -0.3 is 9.73 Å². The molecule has 2 N–H and O–H groups in total.